The van der Waals surface area contributed by atoms with Gasteiger partial charge in [-0.05, 0) is 31.4 Å². The van der Waals surface area contributed by atoms with E-state index in [4.69, 9.17) is 10.5 Å². The summed E-state index contributed by atoms with van der Waals surface area (Å²) in [6.45, 7) is 0.822. The molecule has 0 radical (unpaired) electrons. The van der Waals surface area contributed by atoms with Gasteiger partial charge in [0.15, 0.2) is 0 Å². The highest BCUT2D eigenvalue weighted by Gasteiger charge is 2.50. The fourth-order valence-electron chi connectivity index (χ4n) is 3.39. The zero-order chi connectivity index (χ0) is 16.3. The van der Waals surface area contributed by atoms with Crippen molar-refractivity contribution < 1.29 is 14.3 Å². The Balaban J connectivity index is 1.50. The summed E-state index contributed by atoms with van der Waals surface area (Å²) in [6.07, 6.45) is 5.25. The van der Waals surface area contributed by atoms with Crippen LogP contribution >= 0.6 is 0 Å². The lowest BCUT2D eigenvalue weighted by Crippen LogP contribution is -2.48. The molecule has 1 aliphatic heterocycles. The highest BCUT2D eigenvalue weighted by atomic mass is 16.5. The van der Waals surface area contributed by atoms with Crippen molar-refractivity contribution in [2.24, 2.45) is 0 Å². The van der Waals surface area contributed by atoms with Crippen molar-refractivity contribution in [2.75, 3.05) is 18.9 Å². The monoisotopic (exact) mass is 317 g/mol. The number of carbonyl (C=O) groups excluding carboxylic acids is 2. The number of benzene rings is 1. The molecule has 2 aliphatic rings. The standard InChI is InChI=1S/C17H23N3O3/c18-13-6-4-7-14(12-13)23-11-5-10-20-15(21)17(19-16(20)22)8-2-1-3-9-17/h4,6-7,12H,1-3,5,8-11,18H2,(H,19,22). The van der Waals surface area contributed by atoms with E-state index in [0.29, 0.717) is 31.0 Å². The number of amides is 3. The van der Waals surface area contributed by atoms with Crippen LogP contribution in [-0.2, 0) is 4.79 Å². The van der Waals surface area contributed by atoms with Crippen LogP contribution in [0.3, 0.4) is 0 Å². The number of carbonyl (C=O) groups is 2. The first-order valence-electron chi connectivity index (χ1n) is 8.23. The Kier molecular flexibility index (Phi) is 4.41. The molecular weight excluding hydrogens is 294 g/mol. The molecule has 0 bridgehead atoms. The summed E-state index contributed by atoms with van der Waals surface area (Å²) in [7, 11) is 0. The Morgan fingerprint density at radius 2 is 2.00 bits per heavy atom. The molecule has 1 aromatic rings. The summed E-state index contributed by atoms with van der Waals surface area (Å²) in [5.74, 6) is 0.636. The maximum atomic E-state index is 12.6. The smallest absolute Gasteiger partial charge is 0.325 e. The van der Waals surface area contributed by atoms with Gasteiger partial charge >= 0.3 is 6.03 Å². The van der Waals surface area contributed by atoms with Crippen LogP contribution in [0.25, 0.3) is 0 Å². The molecule has 1 aromatic carbocycles. The van der Waals surface area contributed by atoms with Crippen molar-refractivity contribution in [3.8, 4) is 5.75 Å². The largest absolute Gasteiger partial charge is 0.493 e. The van der Waals surface area contributed by atoms with Gasteiger partial charge in [0, 0.05) is 18.3 Å². The van der Waals surface area contributed by atoms with E-state index in [0.717, 1.165) is 32.1 Å². The van der Waals surface area contributed by atoms with Crippen molar-refractivity contribution in [2.45, 2.75) is 44.1 Å². The van der Waals surface area contributed by atoms with Crippen LogP contribution in [0.1, 0.15) is 38.5 Å². The molecule has 1 heterocycles. The molecule has 6 heteroatoms. The maximum Gasteiger partial charge on any atom is 0.325 e. The Labute approximate surface area is 136 Å². The van der Waals surface area contributed by atoms with Crippen LogP contribution < -0.4 is 15.8 Å². The van der Waals surface area contributed by atoms with Crippen molar-refractivity contribution in [1.29, 1.82) is 0 Å². The number of hydrogen-bond donors (Lipinski definition) is 2. The lowest BCUT2D eigenvalue weighted by molar-refractivity contribution is -0.132. The molecule has 1 saturated carbocycles. The second-order valence-corrected chi connectivity index (χ2v) is 6.30. The van der Waals surface area contributed by atoms with Crippen LogP contribution in [0.5, 0.6) is 5.75 Å². The highest BCUT2D eigenvalue weighted by molar-refractivity contribution is 6.07. The van der Waals surface area contributed by atoms with Crippen LogP contribution in [0, 0.1) is 0 Å². The number of nitrogens with one attached hydrogen (secondary N) is 1. The van der Waals surface area contributed by atoms with E-state index >= 15 is 0 Å². The molecular formula is C17H23N3O3. The molecule has 1 aliphatic carbocycles. The Hall–Kier alpha value is -2.24. The summed E-state index contributed by atoms with van der Waals surface area (Å²) in [6, 6.07) is 6.95. The van der Waals surface area contributed by atoms with Crippen LogP contribution in [-0.4, -0.2) is 35.5 Å². The van der Waals surface area contributed by atoms with Crippen molar-refractivity contribution >= 4 is 17.6 Å². The quantitative estimate of drug-likeness (QED) is 0.496. The van der Waals surface area contributed by atoms with Crippen LogP contribution in [0.15, 0.2) is 24.3 Å². The lowest BCUT2D eigenvalue weighted by Gasteiger charge is -2.30. The first kappa shape index (κ1) is 15.6. The molecule has 3 amide bonds. The van der Waals surface area contributed by atoms with E-state index in [-0.39, 0.29) is 11.9 Å². The molecule has 23 heavy (non-hydrogen) atoms. The van der Waals surface area contributed by atoms with Crippen molar-refractivity contribution in [3.63, 3.8) is 0 Å². The van der Waals surface area contributed by atoms with Gasteiger partial charge in [0.05, 0.1) is 6.61 Å². The first-order valence-corrected chi connectivity index (χ1v) is 8.23. The fourth-order valence-corrected chi connectivity index (χ4v) is 3.39. The molecule has 0 unspecified atom stereocenters. The lowest BCUT2D eigenvalue weighted by atomic mass is 9.82. The van der Waals surface area contributed by atoms with Gasteiger partial charge in [-0.15, -0.1) is 0 Å². The predicted molar refractivity (Wildman–Crippen MR) is 87.0 cm³/mol. The summed E-state index contributed by atoms with van der Waals surface area (Å²) in [5, 5.41) is 2.92. The number of nitrogens with zero attached hydrogens (tertiary/aromatic N) is 1. The Morgan fingerprint density at radius 3 is 2.74 bits per heavy atom. The van der Waals surface area contributed by atoms with Gasteiger partial charge in [-0.2, -0.15) is 0 Å². The summed E-state index contributed by atoms with van der Waals surface area (Å²) < 4.78 is 5.60. The van der Waals surface area contributed by atoms with E-state index in [2.05, 4.69) is 5.32 Å². The van der Waals surface area contributed by atoms with Crippen LogP contribution in [0.2, 0.25) is 0 Å². The van der Waals surface area contributed by atoms with Crippen molar-refractivity contribution in [3.05, 3.63) is 24.3 Å². The van der Waals surface area contributed by atoms with Gasteiger partial charge in [0.1, 0.15) is 11.3 Å². The molecule has 1 saturated heterocycles. The molecule has 0 atom stereocenters. The average molecular weight is 317 g/mol. The third-order valence-electron chi connectivity index (χ3n) is 4.61. The van der Waals surface area contributed by atoms with Gasteiger partial charge in [-0.1, -0.05) is 25.3 Å². The van der Waals surface area contributed by atoms with E-state index in [1.807, 2.05) is 12.1 Å². The second-order valence-electron chi connectivity index (χ2n) is 6.30. The Bertz CT molecular complexity index is 597. The van der Waals surface area contributed by atoms with E-state index in [9.17, 15) is 9.59 Å². The van der Waals surface area contributed by atoms with Gasteiger partial charge in [-0.3, -0.25) is 9.69 Å². The molecule has 2 fully saturated rings. The minimum atomic E-state index is -0.635. The molecule has 0 aromatic heterocycles. The molecule has 124 valence electrons. The maximum absolute atomic E-state index is 12.6. The SMILES string of the molecule is Nc1cccc(OCCCN2C(=O)NC3(CCCCC3)C2=O)c1. The number of ether oxygens (including phenoxy) is 1. The third-order valence-corrected chi connectivity index (χ3v) is 4.61. The molecule has 6 nitrogen and oxygen atoms in total. The second kappa shape index (κ2) is 6.48. The normalized spacial score (nSPS) is 19.9. The minimum absolute atomic E-state index is 0.0637. The van der Waals surface area contributed by atoms with E-state index in [1.165, 1.54) is 4.90 Å². The van der Waals surface area contributed by atoms with Gasteiger partial charge in [0.2, 0.25) is 0 Å². The number of urea groups is 1. The number of anilines is 1. The summed E-state index contributed by atoms with van der Waals surface area (Å²) >= 11 is 0. The average Bonchev–Trinajstić information content (AvgIpc) is 2.76. The highest BCUT2D eigenvalue weighted by Crippen LogP contribution is 2.33. The first-order chi connectivity index (χ1) is 11.1. The molecule has 3 rings (SSSR count). The van der Waals surface area contributed by atoms with Gasteiger partial charge in [0.25, 0.3) is 5.91 Å². The zero-order valence-electron chi connectivity index (χ0n) is 13.2. The van der Waals surface area contributed by atoms with E-state index < -0.39 is 5.54 Å². The van der Waals surface area contributed by atoms with Crippen molar-refractivity contribution in [1.82, 2.24) is 10.2 Å². The molecule has 1 spiro atoms. The van der Waals surface area contributed by atoms with Crippen LogP contribution in [0.4, 0.5) is 10.5 Å². The Morgan fingerprint density at radius 1 is 1.22 bits per heavy atom. The number of imide groups is 1. The predicted octanol–water partition coefficient (Wildman–Crippen LogP) is 2.29. The third kappa shape index (κ3) is 3.25. The number of hydrogen-bond acceptors (Lipinski definition) is 4. The summed E-state index contributed by atoms with van der Waals surface area (Å²) in [5.41, 5.74) is 5.71. The zero-order valence-corrected chi connectivity index (χ0v) is 13.2. The topological polar surface area (TPSA) is 84.7 Å². The number of rotatable bonds is 5. The summed E-state index contributed by atoms with van der Waals surface area (Å²) in [4.78, 5) is 26.0. The van der Waals surface area contributed by atoms with E-state index in [1.54, 1.807) is 12.1 Å². The number of nitrogen functional groups attached to an aromatic ring is 1. The molecule has 3 N–H and O–H groups in total. The minimum Gasteiger partial charge on any atom is -0.493 e. The fraction of sp³-hybridized carbons (Fsp3) is 0.529. The number of nitrogens with two attached hydrogens (primary N) is 1. The van der Waals surface area contributed by atoms with Gasteiger partial charge < -0.3 is 15.8 Å². The van der Waals surface area contributed by atoms with Gasteiger partial charge in [-0.25, -0.2) is 4.79 Å².